The second-order valence-corrected chi connectivity index (χ2v) is 9.81. The second kappa shape index (κ2) is 10.1. The number of fused-ring (bicyclic) bond motifs is 4. The second-order valence-electron chi connectivity index (χ2n) is 9.05. The number of ether oxygens (including phenoxy) is 2. The minimum Gasteiger partial charge on any atom is -0.451 e. The van der Waals surface area contributed by atoms with Gasteiger partial charge in [0.1, 0.15) is 32.1 Å². The Kier molecular flexibility index (Phi) is 6.11. The largest absolute Gasteiger partial charge is 0.451 e. The van der Waals surface area contributed by atoms with Crippen LogP contribution in [0.1, 0.15) is 11.1 Å². The van der Waals surface area contributed by atoms with E-state index in [-0.39, 0.29) is 10.0 Å². The predicted octanol–water partition coefficient (Wildman–Crippen LogP) is 8.61. The Morgan fingerprint density at radius 2 is 0.975 bits per heavy atom. The van der Waals surface area contributed by atoms with Crippen LogP contribution in [0.15, 0.2) is 117 Å². The summed E-state index contributed by atoms with van der Waals surface area (Å²) in [4.78, 5) is 18.6. The van der Waals surface area contributed by atoms with Gasteiger partial charge in [0.05, 0.1) is 11.4 Å². The Labute approximate surface area is 239 Å². The zero-order valence-corrected chi connectivity index (χ0v) is 22.3. The zero-order valence-electron chi connectivity index (χ0n) is 20.8. The molecule has 0 amide bonds. The lowest BCUT2D eigenvalue weighted by molar-refractivity contribution is 0.451. The van der Waals surface area contributed by atoms with Crippen molar-refractivity contribution in [1.29, 1.82) is 0 Å². The van der Waals surface area contributed by atoms with Crippen LogP contribution in [0.3, 0.4) is 0 Å². The molecule has 8 heteroatoms. The quantitative estimate of drug-likeness (QED) is 0.202. The molecular formula is C32H18Cl2N4O2. The van der Waals surface area contributed by atoms with Gasteiger partial charge in [0, 0.05) is 24.6 Å². The van der Waals surface area contributed by atoms with E-state index < -0.39 is 0 Å². The molecule has 0 N–H and O–H groups in total. The molecule has 6 nitrogen and oxygen atoms in total. The molecule has 0 saturated heterocycles. The molecule has 2 aliphatic heterocycles. The smallest absolute Gasteiger partial charge is 0.175 e. The lowest BCUT2D eigenvalue weighted by atomic mass is 10.2. The van der Waals surface area contributed by atoms with Crippen LogP contribution >= 0.6 is 23.2 Å². The average molecular weight is 561 g/mol. The Hall–Kier alpha value is -4.78. The third-order valence-corrected chi connectivity index (χ3v) is 7.05. The third kappa shape index (κ3) is 4.53. The number of halogens is 2. The molecule has 2 heterocycles. The van der Waals surface area contributed by atoms with Gasteiger partial charge >= 0.3 is 0 Å². The van der Waals surface area contributed by atoms with Gasteiger partial charge in [-0.2, -0.15) is 0 Å². The summed E-state index contributed by atoms with van der Waals surface area (Å²) >= 11 is 13.6. The lowest BCUT2D eigenvalue weighted by Gasteiger charge is -2.21. The van der Waals surface area contributed by atoms with Gasteiger partial charge in [-0.25, -0.2) is 9.98 Å². The van der Waals surface area contributed by atoms with Crippen molar-refractivity contribution >= 4 is 58.4 Å². The molecule has 40 heavy (non-hydrogen) atoms. The minimum atomic E-state index is 0.263. The average Bonchev–Trinajstić information content (AvgIpc) is 3.01. The molecule has 192 valence electrons. The topological polar surface area (TPSA) is 67.9 Å². The maximum Gasteiger partial charge on any atom is 0.175 e. The minimum absolute atomic E-state index is 0.263. The van der Waals surface area contributed by atoms with E-state index in [1.54, 1.807) is 12.4 Å². The number of benzene rings is 5. The van der Waals surface area contributed by atoms with Gasteiger partial charge in [-0.15, -0.1) is 0 Å². The predicted molar refractivity (Wildman–Crippen MR) is 159 cm³/mol. The Balaban J connectivity index is 1.24. The molecule has 0 atom stereocenters. The van der Waals surface area contributed by atoms with Crippen LogP contribution in [0.25, 0.3) is 0 Å². The first-order valence-electron chi connectivity index (χ1n) is 12.4. The van der Waals surface area contributed by atoms with E-state index in [1.807, 2.05) is 97.1 Å². The summed E-state index contributed by atoms with van der Waals surface area (Å²) in [6, 6.07) is 30.7. The number of hydrogen-bond donors (Lipinski definition) is 0. The van der Waals surface area contributed by atoms with Crippen LogP contribution in [0.5, 0.6) is 23.0 Å². The molecule has 0 spiro atoms. The SMILES string of the molecule is Clc1c2c(c(Cl)c3c1=Nc1ccc(N=Cc4ccccc4)cc1O3)=Nc1ccc(N=Cc3ccccc3)cc1O2. The van der Waals surface area contributed by atoms with Gasteiger partial charge < -0.3 is 9.47 Å². The highest BCUT2D eigenvalue weighted by molar-refractivity contribution is 6.35. The van der Waals surface area contributed by atoms with Crippen molar-refractivity contribution in [2.75, 3.05) is 0 Å². The monoisotopic (exact) mass is 560 g/mol. The molecular weight excluding hydrogens is 543 g/mol. The van der Waals surface area contributed by atoms with Gasteiger partial charge in [0.2, 0.25) is 0 Å². The summed E-state index contributed by atoms with van der Waals surface area (Å²) in [5.74, 6) is 1.68. The highest BCUT2D eigenvalue weighted by Gasteiger charge is 2.27. The van der Waals surface area contributed by atoms with Crippen LogP contribution < -0.4 is 20.2 Å². The highest BCUT2D eigenvalue weighted by atomic mass is 35.5. The van der Waals surface area contributed by atoms with E-state index in [0.717, 1.165) is 11.1 Å². The van der Waals surface area contributed by atoms with Crippen LogP contribution in [-0.4, -0.2) is 12.4 Å². The maximum absolute atomic E-state index is 6.81. The number of hydrogen-bond acceptors (Lipinski definition) is 6. The van der Waals surface area contributed by atoms with Crippen molar-refractivity contribution in [3.63, 3.8) is 0 Å². The van der Waals surface area contributed by atoms with E-state index in [0.29, 0.717) is 56.5 Å². The van der Waals surface area contributed by atoms with Crippen LogP contribution in [0.4, 0.5) is 22.7 Å². The number of aliphatic imine (C=N–C) groups is 2. The summed E-state index contributed by atoms with van der Waals surface area (Å²) in [6.07, 6.45) is 3.59. The molecule has 0 saturated carbocycles. The van der Waals surface area contributed by atoms with Crippen molar-refractivity contribution in [3.8, 4) is 23.0 Å². The van der Waals surface area contributed by atoms with Crippen LogP contribution in [0.2, 0.25) is 10.0 Å². The van der Waals surface area contributed by atoms with Crippen LogP contribution in [0, 0.1) is 0 Å². The molecule has 5 aromatic carbocycles. The van der Waals surface area contributed by atoms with Gasteiger partial charge in [-0.1, -0.05) is 83.9 Å². The molecule has 5 aromatic rings. The summed E-state index contributed by atoms with van der Waals surface area (Å²) < 4.78 is 12.4. The fraction of sp³-hybridized carbons (Fsp3) is 0. The summed E-state index contributed by atoms with van der Waals surface area (Å²) in [6.45, 7) is 0. The summed E-state index contributed by atoms with van der Waals surface area (Å²) in [7, 11) is 0. The van der Waals surface area contributed by atoms with Gasteiger partial charge in [0.15, 0.2) is 23.0 Å². The van der Waals surface area contributed by atoms with Crippen molar-refractivity contribution in [2.24, 2.45) is 20.0 Å². The van der Waals surface area contributed by atoms with E-state index in [1.165, 1.54) is 0 Å². The molecule has 0 radical (unpaired) electrons. The Morgan fingerprint density at radius 3 is 1.40 bits per heavy atom. The molecule has 0 fully saturated rings. The van der Waals surface area contributed by atoms with Gasteiger partial charge in [-0.3, -0.25) is 9.98 Å². The van der Waals surface area contributed by atoms with E-state index >= 15 is 0 Å². The number of rotatable bonds is 4. The van der Waals surface area contributed by atoms with E-state index in [2.05, 4.69) is 9.98 Å². The molecule has 0 aromatic heterocycles. The van der Waals surface area contributed by atoms with Crippen molar-refractivity contribution in [3.05, 3.63) is 129 Å². The number of nitrogens with zero attached hydrogens (tertiary/aromatic N) is 4. The molecule has 2 aliphatic rings. The molecule has 7 rings (SSSR count). The first-order chi connectivity index (χ1) is 19.6. The maximum atomic E-state index is 6.81. The molecule has 0 bridgehead atoms. The third-order valence-electron chi connectivity index (χ3n) is 6.34. The standard InChI is InChI=1S/C32H18Cl2N4O2/c33-27-30-32(40-26-16-22(12-14-24(26)38-30)36-18-20-9-5-2-6-10-20)28(34)29-31(27)39-25-15-21(11-13-23(25)37-29)35-17-19-7-3-1-4-8-19/h1-18H. The highest BCUT2D eigenvalue weighted by Crippen LogP contribution is 2.44. The van der Waals surface area contributed by atoms with Gasteiger partial charge in [-0.05, 0) is 35.4 Å². The van der Waals surface area contributed by atoms with Crippen molar-refractivity contribution in [1.82, 2.24) is 0 Å². The van der Waals surface area contributed by atoms with E-state index in [4.69, 9.17) is 42.7 Å². The summed E-state index contributed by atoms with van der Waals surface area (Å²) in [5, 5.41) is 1.29. The fourth-order valence-corrected chi connectivity index (χ4v) is 4.87. The van der Waals surface area contributed by atoms with Crippen molar-refractivity contribution in [2.45, 2.75) is 0 Å². The fourth-order valence-electron chi connectivity index (χ4n) is 4.36. The van der Waals surface area contributed by atoms with Crippen LogP contribution in [-0.2, 0) is 0 Å². The molecule has 0 unspecified atom stereocenters. The zero-order chi connectivity index (χ0) is 27.1. The molecule has 0 aliphatic carbocycles. The normalized spacial score (nSPS) is 12.8. The summed E-state index contributed by atoms with van der Waals surface area (Å²) in [5.41, 5.74) is 4.64. The first kappa shape index (κ1) is 24.3. The first-order valence-corrected chi connectivity index (χ1v) is 13.2. The Morgan fingerprint density at radius 1 is 0.550 bits per heavy atom. The van der Waals surface area contributed by atoms with E-state index in [9.17, 15) is 0 Å². The lowest BCUT2D eigenvalue weighted by Crippen LogP contribution is -2.22. The Bertz CT molecular complexity index is 1830. The van der Waals surface area contributed by atoms with Crippen molar-refractivity contribution < 1.29 is 9.47 Å². The van der Waals surface area contributed by atoms with Gasteiger partial charge in [0.25, 0.3) is 0 Å².